The standard InChI is InChI=1S/C14H22N2O2/c1-10(2)13(4)12-11(3)7-15-16(12)8-14(18-13)5-6-17-9-14/h7,10H,5-6,8-9H2,1-4H3. The molecule has 4 nitrogen and oxygen atoms in total. The van der Waals surface area contributed by atoms with Crippen LogP contribution in [0.15, 0.2) is 6.20 Å². The number of aryl methyl sites for hydroxylation is 1. The van der Waals surface area contributed by atoms with Gasteiger partial charge in [-0.3, -0.25) is 4.68 Å². The molecule has 0 amide bonds. The van der Waals surface area contributed by atoms with Gasteiger partial charge in [-0.25, -0.2) is 0 Å². The third kappa shape index (κ3) is 1.55. The van der Waals surface area contributed by atoms with Crippen molar-refractivity contribution >= 4 is 0 Å². The number of rotatable bonds is 1. The third-order valence-corrected chi connectivity index (χ3v) is 4.53. The largest absolute Gasteiger partial charge is 0.378 e. The van der Waals surface area contributed by atoms with Crippen LogP contribution in [0.2, 0.25) is 0 Å². The van der Waals surface area contributed by atoms with E-state index in [0.29, 0.717) is 12.5 Å². The summed E-state index contributed by atoms with van der Waals surface area (Å²) in [5, 5.41) is 4.53. The maximum absolute atomic E-state index is 6.56. The lowest BCUT2D eigenvalue weighted by atomic mass is 9.83. The van der Waals surface area contributed by atoms with Gasteiger partial charge >= 0.3 is 0 Å². The summed E-state index contributed by atoms with van der Waals surface area (Å²) in [5.74, 6) is 0.407. The van der Waals surface area contributed by atoms with Crippen molar-refractivity contribution in [2.75, 3.05) is 13.2 Å². The Morgan fingerprint density at radius 3 is 2.83 bits per heavy atom. The Labute approximate surface area is 108 Å². The van der Waals surface area contributed by atoms with Gasteiger partial charge in [0.1, 0.15) is 11.2 Å². The summed E-state index contributed by atoms with van der Waals surface area (Å²) in [6, 6.07) is 0. The number of ether oxygens (including phenoxy) is 2. The van der Waals surface area contributed by atoms with Gasteiger partial charge < -0.3 is 9.47 Å². The van der Waals surface area contributed by atoms with Gasteiger partial charge in [-0.15, -0.1) is 0 Å². The highest BCUT2D eigenvalue weighted by Crippen LogP contribution is 2.45. The predicted octanol–water partition coefficient (Wildman–Crippen LogP) is 2.25. The van der Waals surface area contributed by atoms with Crippen molar-refractivity contribution in [1.82, 2.24) is 9.78 Å². The summed E-state index contributed by atoms with van der Waals surface area (Å²) >= 11 is 0. The predicted molar refractivity (Wildman–Crippen MR) is 68.4 cm³/mol. The molecule has 1 spiro atoms. The minimum atomic E-state index is -0.271. The second-order valence-corrected chi connectivity index (χ2v) is 6.18. The van der Waals surface area contributed by atoms with E-state index in [-0.39, 0.29) is 11.2 Å². The summed E-state index contributed by atoms with van der Waals surface area (Å²) in [4.78, 5) is 0. The van der Waals surface area contributed by atoms with Crippen LogP contribution in [0.3, 0.4) is 0 Å². The molecule has 0 saturated carbocycles. The molecular weight excluding hydrogens is 228 g/mol. The normalized spacial score (nSPS) is 35.4. The van der Waals surface area contributed by atoms with Gasteiger partial charge in [0, 0.05) is 13.0 Å². The Bertz CT molecular complexity index is 460. The molecule has 0 aliphatic carbocycles. The van der Waals surface area contributed by atoms with Crippen molar-refractivity contribution < 1.29 is 9.47 Å². The van der Waals surface area contributed by atoms with Crippen LogP contribution in [0.25, 0.3) is 0 Å². The van der Waals surface area contributed by atoms with Gasteiger partial charge in [0.25, 0.3) is 0 Å². The molecule has 0 radical (unpaired) electrons. The SMILES string of the molecule is Cc1cnn2c1C(C)(C(C)C)OC1(CCOC1)C2. The van der Waals surface area contributed by atoms with Crippen LogP contribution < -0.4 is 0 Å². The van der Waals surface area contributed by atoms with Crippen molar-refractivity contribution in [3.05, 3.63) is 17.5 Å². The Morgan fingerprint density at radius 1 is 1.44 bits per heavy atom. The molecule has 100 valence electrons. The van der Waals surface area contributed by atoms with E-state index in [1.807, 2.05) is 6.20 Å². The topological polar surface area (TPSA) is 36.3 Å². The van der Waals surface area contributed by atoms with E-state index in [0.717, 1.165) is 19.6 Å². The van der Waals surface area contributed by atoms with Gasteiger partial charge in [-0.05, 0) is 25.3 Å². The molecule has 2 aliphatic rings. The zero-order chi connectivity index (χ0) is 13.0. The molecule has 1 aromatic heterocycles. The number of hydrogen-bond donors (Lipinski definition) is 0. The van der Waals surface area contributed by atoms with Gasteiger partial charge in [0.2, 0.25) is 0 Å². The molecule has 1 fully saturated rings. The van der Waals surface area contributed by atoms with Gasteiger partial charge in [0.05, 0.1) is 25.0 Å². The van der Waals surface area contributed by atoms with Crippen LogP contribution in [-0.2, 0) is 21.6 Å². The van der Waals surface area contributed by atoms with Crippen LogP contribution in [-0.4, -0.2) is 28.6 Å². The molecule has 4 heteroatoms. The van der Waals surface area contributed by atoms with Crippen LogP contribution in [0.4, 0.5) is 0 Å². The highest BCUT2D eigenvalue weighted by atomic mass is 16.6. The quantitative estimate of drug-likeness (QED) is 0.767. The van der Waals surface area contributed by atoms with E-state index < -0.39 is 0 Å². The van der Waals surface area contributed by atoms with E-state index in [9.17, 15) is 0 Å². The summed E-state index contributed by atoms with van der Waals surface area (Å²) in [5.41, 5.74) is 2.01. The Hall–Kier alpha value is -0.870. The molecular formula is C14H22N2O2. The molecule has 0 N–H and O–H groups in total. The lowest BCUT2D eigenvalue weighted by Gasteiger charge is -2.47. The highest BCUT2D eigenvalue weighted by molar-refractivity contribution is 5.26. The average Bonchev–Trinajstić information content (AvgIpc) is 2.87. The van der Waals surface area contributed by atoms with E-state index in [2.05, 4.69) is 37.5 Å². The number of fused-ring (bicyclic) bond motifs is 1. The summed E-state index contributed by atoms with van der Waals surface area (Å²) in [6.45, 7) is 11.0. The van der Waals surface area contributed by atoms with Crippen molar-refractivity contribution in [3.8, 4) is 0 Å². The van der Waals surface area contributed by atoms with Crippen molar-refractivity contribution in [2.45, 2.75) is 51.9 Å². The first-order valence-electron chi connectivity index (χ1n) is 6.78. The second kappa shape index (κ2) is 3.81. The van der Waals surface area contributed by atoms with E-state index in [4.69, 9.17) is 9.47 Å². The van der Waals surface area contributed by atoms with Crippen LogP contribution in [0, 0.1) is 12.8 Å². The molecule has 2 aliphatic heterocycles. The molecule has 2 atom stereocenters. The number of nitrogens with zero attached hydrogens (tertiary/aromatic N) is 2. The van der Waals surface area contributed by atoms with Crippen LogP contribution in [0.1, 0.15) is 38.4 Å². The van der Waals surface area contributed by atoms with E-state index in [1.54, 1.807) is 0 Å². The molecule has 1 saturated heterocycles. The highest BCUT2D eigenvalue weighted by Gasteiger charge is 2.51. The second-order valence-electron chi connectivity index (χ2n) is 6.18. The first-order chi connectivity index (χ1) is 8.47. The summed E-state index contributed by atoms with van der Waals surface area (Å²) < 4.78 is 14.3. The fourth-order valence-electron chi connectivity index (χ4n) is 3.23. The van der Waals surface area contributed by atoms with Crippen LogP contribution >= 0.6 is 0 Å². The zero-order valence-electron chi connectivity index (χ0n) is 11.7. The van der Waals surface area contributed by atoms with Gasteiger partial charge in [0.15, 0.2) is 0 Å². The minimum Gasteiger partial charge on any atom is -0.378 e. The maximum Gasteiger partial charge on any atom is 0.114 e. The van der Waals surface area contributed by atoms with E-state index in [1.165, 1.54) is 11.3 Å². The zero-order valence-corrected chi connectivity index (χ0v) is 11.7. The molecule has 2 unspecified atom stereocenters. The molecule has 18 heavy (non-hydrogen) atoms. The fraction of sp³-hybridized carbons (Fsp3) is 0.786. The van der Waals surface area contributed by atoms with Gasteiger partial charge in [-0.1, -0.05) is 13.8 Å². The first kappa shape index (κ1) is 12.2. The number of aromatic nitrogens is 2. The molecule has 1 aromatic rings. The lowest BCUT2D eigenvalue weighted by molar-refractivity contribution is -0.203. The third-order valence-electron chi connectivity index (χ3n) is 4.53. The van der Waals surface area contributed by atoms with Crippen molar-refractivity contribution in [2.24, 2.45) is 5.92 Å². The summed E-state index contributed by atoms with van der Waals surface area (Å²) in [6.07, 6.45) is 2.92. The summed E-state index contributed by atoms with van der Waals surface area (Å²) in [7, 11) is 0. The monoisotopic (exact) mass is 250 g/mol. The first-order valence-corrected chi connectivity index (χ1v) is 6.78. The molecule has 3 rings (SSSR count). The van der Waals surface area contributed by atoms with Crippen LogP contribution in [0.5, 0.6) is 0 Å². The Morgan fingerprint density at radius 2 is 2.22 bits per heavy atom. The smallest absolute Gasteiger partial charge is 0.114 e. The Balaban J connectivity index is 2.10. The molecule has 3 heterocycles. The molecule has 0 bridgehead atoms. The van der Waals surface area contributed by atoms with Gasteiger partial charge in [-0.2, -0.15) is 5.10 Å². The average molecular weight is 250 g/mol. The maximum atomic E-state index is 6.56. The minimum absolute atomic E-state index is 0.176. The van der Waals surface area contributed by atoms with Crippen molar-refractivity contribution in [3.63, 3.8) is 0 Å². The van der Waals surface area contributed by atoms with Crippen molar-refractivity contribution in [1.29, 1.82) is 0 Å². The number of hydrogen-bond acceptors (Lipinski definition) is 3. The van der Waals surface area contributed by atoms with E-state index >= 15 is 0 Å². The molecule has 0 aromatic carbocycles. The Kier molecular flexibility index (Phi) is 2.58. The fourth-order valence-corrected chi connectivity index (χ4v) is 3.23. The lowest BCUT2D eigenvalue weighted by Crippen LogP contribution is -2.53.